The Kier molecular flexibility index (Phi) is 4.47. The number of fused-ring (bicyclic) bond motifs is 1. The summed E-state index contributed by atoms with van der Waals surface area (Å²) in [4.78, 5) is 0. The Balaban J connectivity index is 2.11. The molecule has 1 heterocycles. The Hall–Kier alpha value is -1.37. The second-order valence-electron chi connectivity index (χ2n) is 4.87. The summed E-state index contributed by atoms with van der Waals surface area (Å²) in [5.74, 6) is -0.0177. The number of hydrogen-bond donors (Lipinski definition) is 1. The SMILES string of the molecule is COCCS(=O)(=O)NCc1ccc2c(c1)cc(C)n2C. The molecule has 0 bridgehead atoms. The summed E-state index contributed by atoms with van der Waals surface area (Å²) in [6.07, 6.45) is 0. The van der Waals surface area contributed by atoms with E-state index >= 15 is 0 Å². The summed E-state index contributed by atoms with van der Waals surface area (Å²) < 4.78 is 32.9. The lowest BCUT2D eigenvalue weighted by Gasteiger charge is -2.07. The lowest BCUT2D eigenvalue weighted by Crippen LogP contribution is -2.27. The first-order chi connectivity index (χ1) is 9.43. The van der Waals surface area contributed by atoms with E-state index in [-0.39, 0.29) is 12.4 Å². The predicted molar refractivity (Wildman–Crippen MR) is 80.2 cm³/mol. The Morgan fingerprint density at radius 3 is 2.75 bits per heavy atom. The third-order valence-corrected chi connectivity index (χ3v) is 4.69. The van der Waals surface area contributed by atoms with Crippen LogP contribution in [0.2, 0.25) is 0 Å². The Morgan fingerprint density at radius 2 is 2.05 bits per heavy atom. The summed E-state index contributed by atoms with van der Waals surface area (Å²) in [7, 11) is 0.228. The highest BCUT2D eigenvalue weighted by molar-refractivity contribution is 7.89. The molecule has 0 saturated heterocycles. The molecule has 0 amide bonds. The van der Waals surface area contributed by atoms with Crippen molar-refractivity contribution in [1.29, 1.82) is 0 Å². The second-order valence-corrected chi connectivity index (χ2v) is 6.80. The van der Waals surface area contributed by atoms with Gasteiger partial charge in [0.2, 0.25) is 10.0 Å². The zero-order valence-electron chi connectivity index (χ0n) is 12.0. The maximum atomic E-state index is 11.7. The van der Waals surface area contributed by atoms with Gasteiger partial charge in [0.25, 0.3) is 0 Å². The van der Waals surface area contributed by atoms with Crippen molar-refractivity contribution in [2.45, 2.75) is 13.5 Å². The molecule has 2 rings (SSSR count). The molecule has 0 aliphatic rings. The van der Waals surface area contributed by atoms with Crippen LogP contribution in [0.15, 0.2) is 24.3 Å². The van der Waals surface area contributed by atoms with Crippen molar-refractivity contribution in [3.05, 3.63) is 35.5 Å². The van der Waals surface area contributed by atoms with Crippen molar-refractivity contribution in [3.8, 4) is 0 Å². The van der Waals surface area contributed by atoms with Crippen LogP contribution in [-0.2, 0) is 28.4 Å². The molecule has 0 saturated carbocycles. The Bertz CT molecular complexity index is 705. The molecule has 110 valence electrons. The normalized spacial score (nSPS) is 12.2. The van der Waals surface area contributed by atoms with Crippen LogP contribution in [-0.4, -0.2) is 32.5 Å². The highest BCUT2D eigenvalue weighted by Gasteiger charge is 2.10. The number of rotatable bonds is 6. The van der Waals surface area contributed by atoms with E-state index in [0.717, 1.165) is 16.5 Å². The van der Waals surface area contributed by atoms with Crippen LogP contribution in [0.1, 0.15) is 11.3 Å². The third kappa shape index (κ3) is 3.39. The van der Waals surface area contributed by atoms with Crippen LogP contribution < -0.4 is 4.72 Å². The third-order valence-electron chi connectivity index (χ3n) is 3.40. The van der Waals surface area contributed by atoms with Crippen molar-refractivity contribution >= 4 is 20.9 Å². The maximum Gasteiger partial charge on any atom is 0.214 e. The average Bonchev–Trinajstić information content (AvgIpc) is 2.69. The van der Waals surface area contributed by atoms with Gasteiger partial charge in [-0.2, -0.15) is 0 Å². The molecule has 0 aliphatic carbocycles. The molecule has 0 unspecified atom stereocenters. The van der Waals surface area contributed by atoms with Gasteiger partial charge in [0.05, 0.1) is 12.4 Å². The summed E-state index contributed by atoms with van der Waals surface area (Å²) in [6, 6.07) is 8.07. The minimum atomic E-state index is -3.28. The largest absolute Gasteiger partial charge is 0.384 e. The first-order valence-corrected chi connectivity index (χ1v) is 8.09. The van der Waals surface area contributed by atoms with E-state index in [2.05, 4.69) is 15.4 Å². The summed E-state index contributed by atoms with van der Waals surface area (Å²) in [5, 5.41) is 1.12. The summed E-state index contributed by atoms with van der Waals surface area (Å²) in [5.41, 5.74) is 3.27. The number of nitrogens with one attached hydrogen (secondary N) is 1. The predicted octanol–water partition coefficient (Wildman–Crippen LogP) is 1.55. The molecule has 1 aromatic carbocycles. The molecular formula is C14H20N2O3S. The molecule has 20 heavy (non-hydrogen) atoms. The molecule has 0 atom stereocenters. The first kappa shape index (κ1) is 15.0. The number of benzene rings is 1. The molecule has 2 aromatic rings. The summed E-state index contributed by atoms with van der Waals surface area (Å²) in [6.45, 7) is 2.55. The van der Waals surface area contributed by atoms with E-state index in [9.17, 15) is 8.42 Å². The van der Waals surface area contributed by atoms with Gasteiger partial charge in [0, 0.05) is 37.3 Å². The van der Waals surface area contributed by atoms with Gasteiger partial charge in [-0.3, -0.25) is 0 Å². The van der Waals surface area contributed by atoms with Crippen LogP contribution in [0.3, 0.4) is 0 Å². The molecule has 0 aliphatic heterocycles. The van der Waals surface area contributed by atoms with E-state index in [1.165, 1.54) is 12.8 Å². The van der Waals surface area contributed by atoms with Gasteiger partial charge in [0.15, 0.2) is 0 Å². The Labute approximate surface area is 119 Å². The zero-order valence-corrected chi connectivity index (χ0v) is 12.8. The van der Waals surface area contributed by atoms with E-state index in [1.807, 2.05) is 32.2 Å². The smallest absolute Gasteiger partial charge is 0.214 e. The van der Waals surface area contributed by atoms with Crippen molar-refractivity contribution in [3.63, 3.8) is 0 Å². The van der Waals surface area contributed by atoms with Crippen LogP contribution >= 0.6 is 0 Å². The quantitative estimate of drug-likeness (QED) is 0.880. The highest BCUT2D eigenvalue weighted by Crippen LogP contribution is 2.19. The topological polar surface area (TPSA) is 60.3 Å². The van der Waals surface area contributed by atoms with Gasteiger partial charge in [-0.15, -0.1) is 0 Å². The average molecular weight is 296 g/mol. The molecule has 0 spiro atoms. The molecule has 0 fully saturated rings. The second kappa shape index (κ2) is 5.95. The number of aromatic nitrogens is 1. The van der Waals surface area contributed by atoms with Gasteiger partial charge >= 0.3 is 0 Å². The van der Waals surface area contributed by atoms with E-state index in [0.29, 0.717) is 6.54 Å². The fourth-order valence-corrected chi connectivity index (χ4v) is 3.02. The standard InChI is InChI=1S/C14H20N2O3S/c1-11-8-13-9-12(4-5-14(13)16(11)2)10-15-20(17,18)7-6-19-3/h4-5,8-9,15H,6-7,10H2,1-3H3. The van der Waals surface area contributed by atoms with Gasteiger partial charge in [-0.05, 0) is 30.7 Å². The Morgan fingerprint density at radius 1 is 1.30 bits per heavy atom. The number of sulfonamides is 1. The van der Waals surface area contributed by atoms with E-state index < -0.39 is 10.0 Å². The first-order valence-electron chi connectivity index (χ1n) is 6.44. The number of nitrogens with zero attached hydrogens (tertiary/aromatic N) is 1. The lowest BCUT2D eigenvalue weighted by atomic mass is 10.1. The number of hydrogen-bond acceptors (Lipinski definition) is 3. The lowest BCUT2D eigenvalue weighted by molar-refractivity contribution is 0.217. The minimum Gasteiger partial charge on any atom is -0.384 e. The van der Waals surface area contributed by atoms with Gasteiger partial charge in [-0.25, -0.2) is 13.1 Å². The number of methoxy groups -OCH3 is 1. The van der Waals surface area contributed by atoms with Crippen molar-refractivity contribution in [2.75, 3.05) is 19.5 Å². The van der Waals surface area contributed by atoms with Crippen molar-refractivity contribution in [2.24, 2.45) is 7.05 Å². The maximum absolute atomic E-state index is 11.7. The van der Waals surface area contributed by atoms with Crippen molar-refractivity contribution in [1.82, 2.24) is 9.29 Å². The van der Waals surface area contributed by atoms with E-state index in [4.69, 9.17) is 4.74 Å². The van der Waals surface area contributed by atoms with Crippen LogP contribution in [0.5, 0.6) is 0 Å². The van der Waals surface area contributed by atoms with Gasteiger partial charge < -0.3 is 9.30 Å². The molecule has 6 heteroatoms. The minimum absolute atomic E-state index is 0.0177. The fraction of sp³-hybridized carbons (Fsp3) is 0.429. The van der Waals surface area contributed by atoms with Crippen LogP contribution in [0, 0.1) is 6.92 Å². The van der Waals surface area contributed by atoms with Crippen LogP contribution in [0.4, 0.5) is 0 Å². The van der Waals surface area contributed by atoms with E-state index in [1.54, 1.807) is 0 Å². The highest BCUT2D eigenvalue weighted by atomic mass is 32.2. The fourth-order valence-electron chi connectivity index (χ4n) is 2.11. The molecular weight excluding hydrogens is 276 g/mol. The number of aryl methyl sites for hydroxylation is 2. The monoisotopic (exact) mass is 296 g/mol. The molecule has 1 aromatic heterocycles. The zero-order chi connectivity index (χ0) is 14.8. The van der Waals surface area contributed by atoms with Crippen molar-refractivity contribution < 1.29 is 13.2 Å². The van der Waals surface area contributed by atoms with Gasteiger partial charge in [0.1, 0.15) is 0 Å². The van der Waals surface area contributed by atoms with Crippen LogP contribution in [0.25, 0.3) is 10.9 Å². The molecule has 1 N–H and O–H groups in total. The molecule has 0 radical (unpaired) electrons. The molecule has 5 nitrogen and oxygen atoms in total. The van der Waals surface area contributed by atoms with Gasteiger partial charge in [-0.1, -0.05) is 6.07 Å². The summed E-state index contributed by atoms with van der Waals surface area (Å²) >= 11 is 0. The number of ether oxygens (including phenoxy) is 1.